The Morgan fingerprint density at radius 2 is 1.72 bits per heavy atom. The van der Waals surface area contributed by atoms with E-state index in [1.54, 1.807) is 12.1 Å². The summed E-state index contributed by atoms with van der Waals surface area (Å²) in [5.41, 5.74) is 8.79. The number of hydrogen-bond donors (Lipinski definition) is 2. The molecule has 18 heavy (non-hydrogen) atoms. The molecule has 3 rings (SSSR count). The Kier molecular flexibility index (Phi) is 2.65. The standard InChI is InChI=1S/C13H9Cl2N3/c14-8-5-6-9(15)12-11(8)17-13(18-12)7-3-1-2-4-10(7)16/h1-6H,16H2,(H,17,18). The van der Waals surface area contributed by atoms with Crippen LogP contribution in [0.1, 0.15) is 0 Å². The fourth-order valence-electron chi connectivity index (χ4n) is 1.87. The lowest BCUT2D eigenvalue weighted by Gasteiger charge is -2.00. The molecule has 1 aromatic heterocycles. The average Bonchev–Trinajstić information content (AvgIpc) is 2.80. The zero-order valence-electron chi connectivity index (χ0n) is 9.24. The number of nitrogen functional groups attached to an aromatic ring is 1. The molecule has 2 aromatic carbocycles. The summed E-state index contributed by atoms with van der Waals surface area (Å²) in [6.07, 6.45) is 0. The quantitative estimate of drug-likeness (QED) is 0.658. The van der Waals surface area contributed by atoms with E-state index in [9.17, 15) is 0 Å². The van der Waals surface area contributed by atoms with Gasteiger partial charge in [0.25, 0.3) is 0 Å². The molecule has 0 saturated heterocycles. The SMILES string of the molecule is Nc1ccccc1-c1nc2c(Cl)ccc(Cl)c2[nH]1. The number of anilines is 1. The number of nitrogens with one attached hydrogen (secondary N) is 1. The Morgan fingerprint density at radius 3 is 2.44 bits per heavy atom. The molecular formula is C13H9Cl2N3. The molecule has 5 heteroatoms. The lowest BCUT2D eigenvalue weighted by atomic mass is 10.2. The molecule has 3 aromatic rings. The van der Waals surface area contributed by atoms with Crippen LogP contribution in [0.2, 0.25) is 10.0 Å². The van der Waals surface area contributed by atoms with E-state index < -0.39 is 0 Å². The lowest BCUT2D eigenvalue weighted by molar-refractivity contribution is 1.34. The molecule has 0 bridgehead atoms. The van der Waals surface area contributed by atoms with Crippen LogP contribution in [0.5, 0.6) is 0 Å². The number of rotatable bonds is 1. The Bertz CT molecular complexity index is 695. The number of nitrogens with zero attached hydrogens (tertiary/aromatic N) is 1. The van der Waals surface area contributed by atoms with Gasteiger partial charge in [-0.2, -0.15) is 0 Å². The first-order chi connectivity index (χ1) is 8.66. The Morgan fingerprint density at radius 1 is 1.00 bits per heavy atom. The molecule has 3 N–H and O–H groups in total. The van der Waals surface area contributed by atoms with Gasteiger partial charge in [-0.15, -0.1) is 0 Å². The van der Waals surface area contributed by atoms with Gasteiger partial charge in [0.05, 0.1) is 15.6 Å². The second-order valence-corrected chi connectivity index (χ2v) is 4.74. The molecule has 0 aliphatic heterocycles. The first-order valence-corrected chi connectivity index (χ1v) is 6.11. The first kappa shape index (κ1) is 11.4. The molecule has 1 heterocycles. The zero-order valence-corrected chi connectivity index (χ0v) is 10.8. The van der Waals surface area contributed by atoms with Gasteiger partial charge in [0.2, 0.25) is 0 Å². The zero-order chi connectivity index (χ0) is 12.7. The van der Waals surface area contributed by atoms with Crippen LogP contribution in [-0.2, 0) is 0 Å². The molecule has 0 fully saturated rings. The number of nitrogens with two attached hydrogens (primary N) is 1. The number of halogens is 2. The minimum absolute atomic E-state index is 0.561. The highest BCUT2D eigenvalue weighted by atomic mass is 35.5. The number of aromatic nitrogens is 2. The highest BCUT2D eigenvalue weighted by Gasteiger charge is 2.12. The van der Waals surface area contributed by atoms with E-state index in [1.165, 1.54) is 0 Å². The highest BCUT2D eigenvalue weighted by Crippen LogP contribution is 2.32. The van der Waals surface area contributed by atoms with E-state index in [0.717, 1.165) is 11.1 Å². The summed E-state index contributed by atoms with van der Waals surface area (Å²) in [4.78, 5) is 7.61. The minimum atomic E-state index is 0.561. The van der Waals surface area contributed by atoms with Gasteiger partial charge in [-0.1, -0.05) is 35.3 Å². The second-order valence-electron chi connectivity index (χ2n) is 3.93. The number of hydrogen-bond acceptors (Lipinski definition) is 2. The summed E-state index contributed by atoms with van der Waals surface area (Å²) in [5.74, 6) is 0.665. The van der Waals surface area contributed by atoms with E-state index >= 15 is 0 Å². The van der Waals surface area contributed by atoms with Crippen molar-refractivity contribution >= 4 is 39.9 Å². The lowest BCUT2D eigenvalue weighted by Crippen LogP contribution is -1.90. The maximum Gasteiger partial charge on any atom is 0.140 e. The van der Waals surface area contributed by atoms with Crippen LogP contribution in [0.15, 0.2) is 36.4 Å². The van der Waals surface area contributed by atoms with Crippen LogP contribution in [0, 0.1) is 0 Å². The van der Waals surface area contributed by atoms with Crippen molar-refractivity contribution in [3.8, 4) is 11.4 Å². The van der Waals surface area contributed by atoms with Gasteiger partial charge in [0.1, 0.15) is 11.3 Å². The maximum atomic E-state index is 6.11. The number of H-pyrrole nitrogens is 1. The van der Waals surface area contributed by atoms with Crippen LogP contribution < -0.4 is 5.73 Å². The van der Waals surface area contributed by atoms with Gasteiger partial charge in [-0.3, -0.25) is 0 Å². The number of imidazole rings is 1. The molecule has 0 atom stereocenters. The van der Waals surface area contributed by atoms with Crippen molar-refractivity contribution in [2.24, 2.45) is 0 Å². The normalized spacial score (nSPS) is 11.0. The van der Waals surface area contributed by atoms with Gasteiger partial charge in [0.15, 0.2) is 0 Å². The van der Waals surface area contributed by atoms with Crippen molar-refractivity contribution in [3.63, 3.8) is 0 Å². The summed E-state index contributed by atoms with van der Waals surface area (Å²) < 4.78 is 0. The monoisotopic (exact) mass is 277 g/mol. The maximum absolute atomic E-state index is 6.11. The molecule has 0 unspecified atom stereocenters. The predicted molar refractivity (Wildman–Crippen MR) is 76.0 cm³/mol. The third-order valence-electron chi connectivity index (χ3n) is 2.76. The highest BCUT2D eigenvalue weighted by molar-refractivity contribution is 6.39. The Balaban J connectivity index is 2.29. The number of fused-ring (bicyclic) bond motifs is 1. The summed E-state index contributed by atoms with van der Waals surface area (Å²) >= 11 is 12.2. The largest absolute Gasteiger partial charge is 0.398 e. The Labute approximate surface area is 114 Å². The van der Waals surface area contributed by atoms with Crippen molar-refractivity contribution < 1.29 is 0 Å². The summed E-state index contributed by atoms with van der Waals surface area (Å²) in [6, 6.07) is 11.0. The Hall–Kier alpha value is -1.71. The van der Waals surface area contributed by atoms with Gasteiger partial charge < -0.3 is 10.7 Å². The molecule has 3 nitrogen and oxygen atoms in total. The van der Waals surface area contributed by atoms with E-state index in [0.29, 0.717) is 27.1 Å². The first-order valence-electron chi connectivity index (χ1n) is 5.35. The number of aromatic amines is 1. The van der Waals surface area contributed by atoms with E-state index in [2.05, 4.69) is 9.97 Å². The number of para-hydroxylation sites is 1. The summed E-state index contributed by atoms with van der Waals surface area (Å²) in [7, 11) is 0. The van der Waals surface area contributed by atoms with Gasteiger partial charge >= 0.3 is 0 Å². The van der Waals surface area contributed by atoms with Crippen molar-refractivity contribution in [2.75, 3.05) is 5.73 Å². The van der Waals surface area contributed by atoms with Crippen LogP contribution in [0.3, 0.4) is 0 Å². The van der Waals surface area contributed by atoms with E-state index in [1.807, 2.05) is 24.3 Å². The molecule has 90 valence electrons. The molecule has 0 aliphatic carbocycles. The fraction of sp³-hybridized carbons (Fsp3) is 0. The molecule has 0 amide bonds. The summed E-state index contributed by atoms with van der Waals surface area (Å²) in [5, 5.41) is 1.15. The third-order valence-corrected chi connectivity index (χ3v) is 3.38. The fourth-order valence-corrected chi connectivity index (χ4v) is 2.27. The van der Waals surface area contributed by atoms with Crippen molar-refractivity contribution in [1.29, 1.82) is 0 Å². The van der Waals surface area contributed by atoms with Crippen LogP contribution in [0.4, 0.5) is 5.69 Å². The molecule has 0 radical (unpaired) electrons. The average molecular weight is 278 g/mol. The second kappa shape index (κ2) is 4.19. The third kappa shape index (κ3) is 1.72. The van der Waals surface area contributed by atoms with Gasteiger partial charge in [-0.25, -0.2) is 4.98 Å². The minimum Gasteiger partial charge on any atom is -0.398 e. The molecular weight excluding hydrogens is 269 g/mol. The van der Waals surface area contributed by atoms with Crippen LogP contribution in [-0.4, -0.2) is 9.97 Å². The van der Waals surface area contributed by atoms with Crippen molar-refractivity contribution in [3.05, 3.63) is 46.4 Å². The van der Waals surface area contributed by atoms with Gasteiger partial charge in [0, 0.05) is 11.3 Å². The van der Waals surface area contributed by atoms with Crippen LogP contribution >= 0.6 is 23.2 Å². The van der Waals surface area contributed by atoms with Gasteiger partial charge in [-0.05, 0) is 24.3 Å². The van der Waals surface area contributed by atoms with Crippen molar-refractivity contribution in [2.45, 2.75) is 0 Å². The molecule has 0 spiro atoms. The van der Waals surface area contributed by atoms with E-state index in [-0.39, 0.29) is 0 Å². The van der Waals surface area contributed by atoms with Crippen LogP contribution in [0.25, 0.3) is 22.4 Å². The molecule has 0 aliphatic rings. The molecule has 0 saturated carbocycles. The summed E-state index contributed by atoms with van der Waals surface area (Å²) in [6.45, 7) is 0. The number of benzene rings is 2. The topological polar surface area (TPSA) is 54.7 Å². The smallest absolute Gasteiger partial charge is 0.140 e. The van der Waals surface area contributed by atoms with E-state index in [4.69, 9.17) is 28.9 Å². The van der Waals surface area contributed by atoms with Crippen molar-refractivity contribution in [1.82, 2.24) is 9.97 Å². The predicted octanol–water partition coefficient (Wildman–Crippen LogP) is 4.12.